The first-order valence-corrected chi connectivity index (χ1v) is 4.58. The molecule has 0 atom stereocenters. The molecule has 0 aliphatic heterocycles. The van der Waals surface area contributed by atoms with Gasteiger partial charge in [0.2, 0.25) is 0 Å². The van der Waals surface area contributed by atoms with E-state index in [1.54, 1.807) is 36.7 Å². The number of non-ortho nitro benzene ring substituents is 1. The van der Waals surface area contributed by atoms with E-state index in [0.717, 1.165) is 0 Å². The van der Waals surface area contributed by atoms with Crippen LogP contribution < -0.4 is 4.74 Å². The van der Waals surface area contributed by atoms with E-state index >= 15 is 0 Å². The number of pyridine rings is 1. The Morgan fingerprint density at radius 2 is 1.88 bits per heavy atom. The molecule has 0 fully saturated rings. The highest BCUT2D eigenvalue weighted by Gasteiger charge is 2.04. The second kappa shape index (κ2) is 4.39. The van der Waals surface area contributed by atoms with E-state index in [9.17, 15) is 10.1 Å². The standard InChI is InChI=1S/C11H8N2O3/c14-13(15)9-3-5-10(6-4-9)16-11-2-1-7-12-8-11/h1-8H. The Balaban J connectivity index is 2.14. The summed E-state index contributed by atoms with van der Waals surface area (Å²) in [6.07, 6.45) is 3.21. The van der Waals surface area contributed by atoms with E-state index in [4.69, 9.17) is 4.74 Å². The Morgan fingerprint density at radius 3 is 2.44 bits per heavy atom. The molecule has 5 nitrogen and oxygen atoms in total. The first-order chi connectivity index (χ1) is 7.75. The number of ether oxygens (including phenoxy) is 1. The summed E-state index contributed by atoms with van der Waals surface area (Å²) in [5, 5.41) is 10.4. The zero-order valence-electron chi connectivity index (χ0n) is 8.24. The first kappa shape index (κ1) is 10.1. The molecule has 1 aromatic carbocycles. The van der Waals surface area contributed by atoms with Crippen LogP contribution in [-0.2, 0) is 0 Å². The van der Waals surface area contributed by atoms with Crippen molar-refractivity contribution >= 4 is 5.69 Å². The van der Waals surface area contributed by atoms with Crippen LogP contribution in [0.1, 0.15) is 0 Å². The molecule has 0 saturated carbocycles. The Bertz CT molecular complexity index is 482. The van der Waals surface area contributed by atoms with Crippen molar-refractivity contribution in [3.8, 4) is 11.5 Å². The van der Waals surface area contributed by atoms with Crippen molar-refractivity contribution in [2.24, 2.45) is 0 Å². The molecule has 1 heterocycles. The number of hydrogen-bond acceptors (Lipinski definition) is 4. The predicted octanol–water partition coefficient (Wildman–Crippen LogP) is 2.78. The van der Waals surface area contributed by atoms with Gasteiger partial charge in [-0.15, -0.1) is 0 Å². The molecule has 0 aliphatic rings. The van der Waals surface area contributed by atoms with E-state index in [0.29, 0.717) is 11.5 Å². The lowest BCUT2D eigenvalue weighted by Crippen LogP contribution is -1.88. The molecule has 0 N–H and O–H groups in total. The maximum absolute atomic E-state index is 10.4. The largest absolute Gasteiger partial charge is 0.456 e. The lowest BCUT2D eigenvalue weighted by molar-refractivity contribution is -0.384. The molecule has 0 amide bonds. The Kier molecular flexibility index (Phi) is 2.77. The van der Waals surface area contributed by atoms with Gasteiger partial charge in [0.25, 0.3) is 5.69 Å². The van der Waals surface area contributed by atoms with Crippen LogP contribution >= 0.6 is 0 Å². The summed E-state index contributed by atoms with van der Waals surface area (Å²) in [6, 6.07) is 9.39. The fourth-order valence-corrected chi connectivity index (χ4v) is 1.18. The van der Waals surface area contributed by atoms with E-state index in [1.165, 1.54) is 12.1 Å². The number of nitro benzene ring substituents is 1. The SMILES string of the molecule is O=[N+]([O-])c1ccc(Oc2cccnc2)cc1. The predicted molar refractivity (Wildman–Crippen MR) is 57.4 cm³/mol. The summed E-state index contributed by atoms with van der Waals surface area (Å²) in [5.41, 5.74) is 0.0403. The smallest absolute Gasteiger partial charge is 0.269 e. The van der Waals surface area contributed by atoms with Gasteiger partial charge < -0.3 is 4.74 Å². The van der Waals surface area contributed by atoms with Gasteiger partial charge in [-0.3, -0.25) is 15.1 Å². The van der Waals surface area contributed by atoms with E-state index in [1.807, 2.05) is 0 Å². The van der Waals surface area contributed by atoms with Gasteiger partial charge in [0.05, 0.1) is 11.1 Å². The number of hydrogen-bond donors (Lipinski definition) is 0. The minimum atomic E-state index is -0.451. The van der Waals surface area contributed by atoms with Gasteiger partial charge >= 0.3 is 0 Å². The van der Waals surface area contributed by atoms with Crippen molar-refractivity contribution in [1.29, 1.82) is 0 Å². The van der Waals surface area contributed by atoms with Crippen LogP contribution in [0.3, 0.4) is 0 Å². The molecule has 0 saturated heterocycles. The van der Waals surface area contributed by atoms with E-state index < -0.39 is 4.92 Å². The van der Waals surface area contributed by atoms with Crippen LogP contribution in [0.15, 0.2) is 48.8 Å². The van der Waals surface area contributed by atoms with Crippen molar-refractivity contribution in [3.05, 3.63) is 58.9 Å². The van der Waals surface area contributed by atoms with Gasteiger partial charge in [0.15, 0.2) is 0 Å². The van der Waals surface area contributed by atoms with Gasteiger partial charge in [0, 0.05) is 18.3 Å². The molecule has 1 aromatic heterocycles. The summed E-state index contributed by atoms with van der Waals surface area (Å²) in [5.74, 6) is 1.13. The van der Waals surface area contributed by atoms with Crippen molar-refractivity contribution in [1.82, 2.24) is 4.98 Å². The van der Waals surface area contributed by atoms with Gasteiger partial charge in [-0.05, 0) is 24.3 Å². The zero-order chi connectivity index (χ0) is 11.4. The van der Waals surface area contributed by atoms with Crippen LogP contribution in [0.4, 0.5) is 5.69 Å². The lowest BCUT2D eigenvalue weighted by atomic mass is 10.3. The van der Waals surface area contributed by atoms with Crippen LogP contribution in [0.25, 0.3) is 0 Å². The molecule has 16 heavy (non-hydrogen) atoms. The fourth-order valence-electron chi connectivity index (χ4n) is 1.18. The maximum Gasteiger partial charge on any atom is 0.269 e. The van der Waals surface area contributed by atoms with Gasteiger partial charge in [0.1, 0.15) is 11.5 Å². The summed E-state index contributed by atoms with van der Waals surface area (Å²) in [7, 11) is 0. The molecule has 5 heteroatoms. The number of aromatic nitrogens is 1. The third-order valence-corrected chi connectivity index (χ3v) is 1.92. The zero-order valence-corrected chi connectivity index (χ0v) is 8.24. The third kappa shape index (κ3) is 2.33. The molecule has 0 spiro atoms. The minimum Gasteiger partial charge on any atom is -0.456 e. The highest BCUT2D eigenvalue weighted by molar-refractivity contribution is 5.38. The second-order valence-corrected chi connectivity index (χ2v) is 3.04. The normalized spacial score (nSPS) is 9.75. The number of rotatable bonds is 3. The topological polar surface area (TPSA) is 65.3 Å². The second-order valence-electron chi connectivity index (χ2n) is 3.04. The molecule has 2 aromatic rings. The Morgan fingerprint density at radius 1 is 1.12 bits per heavy atom. The van der Waals surface area contributed by atoms with Crippen molar-refractivity contribution in [2.45, 2.75) is 0 Å². The summed E-state index contributed by atoms with van der Waals surface area (Å²) in [4.78, 5) is 13.9. The molecular formula is C11H8N2O3. The van der Waals surface area contributed by atoms with Crippen LogP contribution in [-0.4, -0.2) is 9.91 Å². The van der Waals surface area contributed by atoms with Crippen LogP contribution in [0.2, 0.25) is 0 Å². The maximum atomic E-state index is 10.4. The summed E-state index contributed by atoms with van der Waals surface area (Å²) < 4.78 is 5.43. The van der Waals surface area contributed by atoms with Crippen molar-refractivity contribution < 1.29 is 9.66 Å². The lowest BCUT2D eigenvalue weighted by Gasteiger charge is -2.03. The van der Waals surface area contributed by atoms with Crippen molar-refractivity contribution in [3.63, 3.8) is 0 Å². The summed E-state index contributed by atoms with van der Waals surface area (Å²) in [6.45, 7) is 0. The quantitative estimate of drug-likeness (QED) is 0.584. The molecule has 80 valence electrons. The van der Waals surface area contributed by atoms with Crippen LogP contribution in [0, 0.1) is 10.1 Å². The van der Waals surface area contributed by atoms with E-state index in [-0.39, 0.29) is 5.69 Å². The first-order valence-electron chi connectivity index (χ1n) is 4.58. The third-order valence-electron chi connectivity index (χ3n) is 1.92. The molecule has 0 radical (unpaired) electrons. The van der Waals surface area contributed by atoms with Crippen LogP contribution in [0.5, 0.6) is 11.5 Å². The molecule has 2 rings (SSSR count). The molecule has 0 aliphatic carbocycles. The van der Waals surface area contributed by atoms with Gasteiger partial charge in [-0.25, -0.2) is 0 Å². The average molecular weight is 216 g/mol. The van der Waals surface area contributed by atoms with Crippen molar-refractivity contribution in [2.75, 3.05) is 0 Å². The highest BCUT2D eigenvalue weighted by Crippen LogP contribution is 2.22. The highest BCUT2D eigenvalue weighted by atomic mass is 16.6. The average Bonchev–Trinajstić information content (AvgIpc) is 2.31. The number of nitro groups is 1. The monoisotopic (exact) mass is 216 g/mol. The molecular weight excluding hydrogens is 208 g/mol. The Hall–Kier alpha value is -2.43. The summed E-state index contributed by atoms with van der Waals surface area (Å²) >= 11 is 0. The van der Waals surface area contributed by atoms with E-state index in [2.05, 4.69) is 4.98 Å². The minimum absolute atomic E-state index is 0.0403. The fraction of sp³-hybridized carbons (Fsp3) is 0. The Labute approximate surface area is 91.5 Å². The molecule has 0 bridgehead atoms. The number of benzene rings is 1. The van der Waals surface area contributed by atoms with Gasteiger partial charge in [-0.1, -0.05) is 0 Å². The van der Waals surface area contributed by atoms with Gasteiger partial charge in [-0.2, -0.15) is 0 Å². The number of nitrogens with zero attached hydrogens (tertiary/aromatic N) is 2. The molecule has 0 unspecified atom stereocenters.